The number of anilines is 1. The molecule has 0 saturated heterocycles. The zero-order valence-corrected chi connectivity index (χ0v) is 10.9. The van der Waals surface area contributed by atoms with Gasteiger partial charge in [0.1, 0.15) is 5.78 Å². The van der Waals surface area contributed by atoms with Crippen LogP contribution in [-0.4, -0.2) is 11.7 Å². The SMILES string of the molecule is Cc1ccccc1NC(=O)C1CCCC(C)C1=O. The highest BCUT2D eigenvalue weighted by Gasteiger charge is 2.33. The van der Waals surface area contributed by atoms with Crippen LogP contribution in [0.15, 0.2) is 24.3 Å². The van der Waals surface area contributed by atoms with Crippen LogP contribution in [-0.2, 0) is 9.59 Å². The van der Waals surface area contributed by atoms with Crippen molar-refractivity contribution in [3.8, 4) is 0 Å². The number of Topliss-reactive ketones (excluding diaryl/α,β-unsaturated/α-hetero) is 1. The average Bonchev–Trinajstić information content (AvgIpc) is 2.35. The van der Waals surface area contributed by atoms with Gasteiger partial charge in [-0.25, -0.2) is 0 Å². The van der Waals surface area contributed by atoms with Crippen molar-refractivity contribution in [3.05, 3.63) is 29.8 Å². The highest BCUT2D eigenvalue weighted by Crippen LogP contribution is 2.26. The molecule has 3 heteroatoms. The standard InChI is InChI=1S/C15H19NO2/c1-10-6-3-4-9-13(10)16-15(18)12-8-5-7-11(2)14(12)17/h3-4,6,9,11-12H,5,7-8H2,1-2H3,(H,16,18). The summed E-state index contributed by atoms with van der Waals surface area (Å²) in [5.41, 5.74) is 1.82. The number of hydrogen-bond donors (Lipinski definition) is 1. The maximum absolute atomic E-state index is 12.1. The number of ketones is 1. The number of aryl methyl sites for hydroxylation is 1. The number of hydrogen-bond acceptors (Lipinski definition) is 2. The van der Waals surface area contributed by atoms with Gasteiger partial charge in [0.25, 0.3) is 0 Å². The van der Waals surface area contributed by atoms with Gasteiger partial charge in [-0.05, 0) is 31.4 Å². The Kier molecular flexibility index (Phi) is 3.80. The summed E-state index contributed by atoms with van der Waals surface area (Å²) in [5, 5.41) is 2.87. The van der Waals surface area contributed by atoms with Gasteiger partial charge in [-0.15, -0.1) is 0 Å². The van der Waals surface area contributed by atoms with Crippen molar-refractivity contribution < 1.29 is 9.59 Å². The van der Waals surface area contributed by atoms with E-state index < -0.39 is 5.92 Å². The summed E-state index contributed by atoms with van der Waals surface area (Å²) < 4.78 is 0. The number of benzene rings is 1. The Bertz CT molecular complexity index is 467. The van der Waals surface area contributed by atoms with Crippen LogP contribution in [0.5, 0.6) is 0 Å². The van der Waals surface area contributed by atoms with E-state index in [0.717, 1.165) is 24.1 Å². The topological polar surface area (TPSA) is 46.2 Å². The fraction of sp³-hybridized carbons (Fsp3) is 0.467. The Balaban J connectivity index is 2.08. The summed E-state index contributed by atoms with van der Waals surface area (Å²) in [7, 11) is 0. The third-order valence-electron chi connectivity index (χ3n) is 3.68. The number of nitrogens with one attached hydrogen (secondary N) is 1. The van der Waals surface area contributed by atoms with E-state index in [1.54, 1.807) is 0 Å². The quantitative estimate of drug-likeness (QED) is 0.814. The lowest BCUT2D eigenvalue weighted by Crippen LogP contribution is -2.36. The smallest absolute Gasteiger partial charge is 0.234 e. The van der Waals surface area contributed by atoms with Gasteiger partial charge in [0.05, 0.1) is 5.92 Å². The van der Waals surface area contributed by atoms with Crippen LogP contribution in [0.1, 0.15) is 31.7 Å². The maximum Gasteiger partial charge on any atom is 0.234 e. The molecule has 1 amide bonds. The minimum absolute atomic E-state index is 0.0198. The number of amides is 1. The van der Waals surface area contributed by atoms with Crippen molar-refractivity contribution in [3.63, 3.8) is 0 Å². The van der Waals surface area contributed by atoms with Crippen molar-refractivity contribution in [2.75, 3.05) is 5.32 Å². The summed E-state index contributed by atoms with van der Waals surface area (Å²) in [6.45, 7) is 3.86. The van der Waals surface area contributed by atoms with Crippen molar-refractivity contribution in [2.45, 2.75) is 33.1 Å². The molecule has 3 nitrogen and oxygen atoms in total. The molecule has 0 spiro atoms. The van der Waals surface area contributed by atoms with Gasteiger partial charge in [0.15, 0.2) is 0 Å². The first-order valence-corrected chi connectivity index (χ1v) is 6.50. The fourth-order valence-corrected chi connectivity index (χ4v) is 2.45. The number of para-hydroxylation sites is 1. The van der Waals surface area contributed by atoms with Gasteiger partial charge in [0.2, 0.25) is 5.91 Å². The van der Waals surface area contributed by atoms with E-state index in [1.807, 2.05) is 38.1 Å². The second-order valence-electron chi connectivity index (χ2n) is 5.09. The van der Waals surface area contributed by atoms with E-state index in [4.69, 9.17) is 0 Å². The molecule has 2 unspecified atom stereocenters. The third-order valence-corrected chi connectivity index (χ3v) is 3.68. The minimum atomic E-state index is -0.464. The zero-order chi connectivity index (χ0) is 13.1. The average molecular weight is 245 g/mol. The van der Waals surface area contributed by atoms with E-state index in [2.05, 4.69) is 5.32 Å². The van der Waals surface area contributed by atoms with E-state index in [0.29, 0.717) is 6.42 Å². The molecule has 0 heterocycles. The highest BCUT2D eigenvalue weighted by molar-refractivity contribution is 6.08. The van der Waals surface area contributed by atoms with E-state index in [-0.39, 0.29) is 17.6 Å². The van der Waals surface area contributed by atoms with Crippen molar-refractivity contribution in [1.82, 2.24) is 0 Å². The van der Waals surface area contributed by atoms with Crippen molar-refractivity contribution >= 4 is 17.4 Å². The van der Waals surface area contributed by atoms with Crippen LogP contribution >= 0.6 is 0 Å². The summed E-state index contributed by atoms with van der Waals surface area (Å²) in [6, 6.07) is 7.62. The maximum atomic E-state index is 12.1. The summed E-state index contributed by atoms with van der Waals surface area (Å²) in [5.74, 6) is -0.507. The molecule has 1 aromatic carbocycles. The van der Waals surface area contributed by atoms with Gasteiger partial charge in [-0.1, -0.05) is 31.5 Å². The third kappa shape index (κ3) is 2.61. The van der Waals surface area contributed by atoms with Crippen molar-refractivity contribution in [1.29, 1.82) is 0 Å². The lowest BCUT2D eigenvalue weighted by molar-refractivity contribution is -0.135. The summed E-state index contributed by atoms with van der Waals surface area (Å²) in [6.07, 6.45) is 2.55. The van der Waals surface area contributed by atoms with Crippen LogP contribution < -0.4 is 5.32 Å². The van der Waals surface area contributed by atoms with Crippen molar-refractivity contribution in [2.24, 2.45) is 11.8 Å². The molecule has 0 bridgehead atoms. The molecule has 0 aliphatic heterocycles. The normalized spacial score (nSPS) is 23.8. The predicted molar refractivity (Wildman–Crippen MR) is 71.3 cm³/mol. The Morgan fingerprint density at radius 2 is 2.00 bits per heavy atom. The number of rotatable bonds is 2. The summed E-state index contributed by atoms with van der Waals surface area (Å²) >= 11 is 0. The first-order valence-electron chi connectivity index (χ1n) is 6.50. The first-order chi connectivity index (χ1) is 8.59. The molecule has 0 radical (unpaired) electrons. The first kappa shape index (κ1) is 12.8. The van der Waals surface area contributed by atoms with Gasteiger partial charge < -0.3 is 5.32 Å². The molecule has 1 N–H and O–H groups in total. The molecule has 0 aromatic heterocycles. The van der Waals surface area contributed by atoms with Crippen LogP contribution in [0.25, 0.3) is 0 Å². The fourth-order valence-electron chi connectivity index (χ4n) is 2.45. The lowest BCUT2D eigenvalue weighted by atomic mass is 9.80. The molecule has 18 heavy (non-hydrogen) atoms. The molecule has 1 aromatic rings. The second kappa shape index (κ2) is 5.34. The zero-order valence-electron chi connectivity index (χ0n) is 10.9. The Labute approximate surface area is 108 Å². The molecule has 2 atom stereocenters. The van der Waals surface area contributed by atoms with Crippen LogP contribution in [0.3, 0.4) is 0 Å². The van der Waals surface area contributed by atoms with Gasteiger partial charge in [-0.2, -0.15) is 0 Å². The van der Waals surface area contributed by atoms with E-state index in [1.165, 1.54) is 0 Å². The molecule has 1 saturated carbocycles. The minimum Gasteiger partial charge on any atom is -0.325 e. The molecular weight excluding hydrogens is 226 g/mol. The lowest BCUT2D eigenvalue weighted by Gasteiger charge is -2.24. The van der Waals surface area contributed by atoms with Crippen LogP contribution in [0.4, 0.5) is 5.69 Å². The Morgan fingerprint density at radius 3 is 2.72 bits per heavy atom. The van der Waals surface area contributed by atoms with Crippen LogP contribution in [0, 0.1) is 18.8 Å². The van der Waals surface area contributed by atoms with E-state index in [9.17, 15) is 9.59 Å². The van der Waals surface area contributed by atoms with Gasteiger partial charge in [-0.3, -0.25) is 9.59 Å². The summed E-state index contributed by atoms with van der Waals surface area (Å²) in [4.78, 5) is 24.1. The second-order valence-corrected chi connectivity index (χ2v) is 5.09. The molecule has 1 aliphatic rings. The molecule has 2 rings (SSSR count). The monoisotopic (exact) mass is 245 g/mol. The van der Waals surface area contributed by atoms with Gasteiger partial charge >= 0.3 is 0 Å². The van der Waals surface area contributed by atoms with Crippen LogP contribution in [0.2, 0.25) is 0 Å². The molecule has 96 valence electrons. The number of carbonyl (C=O) groups excluding carboxylic acids is 2. The van der Waals surface area contributed by atoms with E-state index >= 15 is 0 Å². The Morgan fingerprint density at radius 1 is 1.28 bits per heavy atom. The Hall–Kier alpha value is -1.64. The number of carbonyl (C=O) groups is 2. The predicted octanol–water partition coefficient (Wildman–Crippen LogP) is 2.94. The largest absolute Gasteiger partial charge is 0.325 e. The highest BCUT2D eigenvalue weighted by atomic mass is 16.2. The van der Waals surface area contributed by atoms with Gasteiger partial charge in [0, 0.05) is 11.6 Å². The molecule has 1 aliphatic carbocycles. The molecule has 1 fully saturated rings. The molecular formula is C15H19NO2.